The second-order valence-corrected chi connectivity index (χ2v) is 4.64. The van der Waals surface area contributed by atoms with E-state index in [1.165, 1.54) is 17.8 Å². The van der Waals surface area contributed by atoms with Crippen molar-refractivity contribution in [1.82, 2.24) is 19.7 Å². The Morgan fingerprint density at radius 2 is 2.05 bits per heavy atom. The van der Waals surface area contributed by atoms with E-state index in [1.54, 1.807) is 6.20 Å². The minimum atomic E-state index is -4.59. The third-order valence-corrected chi connectivity index (χ3v) is 3.06. The highest BCUT2D eigenvalue weighted by molar-refractivity contribution is 5.41. The average Bonchev–Trinajstić information content (AvgIpc) is 3.15. The molecule has 0 unspecified atom stereocenters. The monoisotopic (exact) mass is 283 g/mol. The van der Waals surface area contributed by atoms with Crippen molar-refractivity contribution in [3.63, 3.8) is 0 Å². The SMILES string of the molecule is CNc1cc(-n2ccc(C3CC3)n2)nc(C(F)(F)F)n1. The molecule has 0 bridgehead atoms. The molecule has 0 atom stereocenters. The molecular formula is C12H12F3N5. The first-order chi connectivity index (χ1) is 9.47. The zero-order valence-corrected chi connectivity index (χ0v) is 10.6. The number of hydrogen-bond acceptors (Lipinski definition) is 4. The molecule has 1 fully saturated rings. The minimum Gasteiger partial charge on any atom is -0.373 e. The summed E-state index contributed by atoms with van der Waals surface area (Å²) in [6, 6.07) is 3.24. The van der Waals surface area contributed by atoms with E-state index in [2.05, 4.69) is 20.4 Å². The molecule has 5 nitrogen and oxygen atoms in total. The van der Waals surface area contributed by atoms with Crippen molar-refractivity contribution in [3.8, 4) is 5.82 Å². The van der Waals surface area contributed by atoms with Crippen molar-refractivity contribution in [3.05, 3.63) is 29.8 Å². The molecule has 0 aliphatic heterocycles. The zero-order chi connectivity index (χ0) is 14.3. The number of halogens is 3. The topological polar surface area (TPSA) is 55.6 Å². The fourth-order valence-electron chi connectivity index (χ4n) is 1.87. The lowest BCUT2D eigenvalue weighted by Crippen LogP contribution is -2.15. The van der Waals surface area contributed by atoms with Gasteiger partial charge < -0.3 is 5.32 Å². The maximum absolute atomic E-state index is 12.8. The van der Waals surface area contributed by atoms with Crippen LogP contribution in [0, 0.1) is 0 Å². The maximum Gasteiger partial charge on any atom is 0.451 e. The summed E-state index contributed by atoms with van der Waals surface area (Å²) >= 11 is 0. The molecule has 1 aliphatic rings. The molecule has 3 rings (SSSR count). The van der Waals surface area contributed by atoms with Gasteiger partial charge in [-0.05, 0) is 18.9 Å². The molecule has 1 aliphatic carbocycles. The van der Waals surface area contributed by atoms with E-state index in [0.717, 1.165) is 18.5 Å². The van der Waals surface area contributed by atoms with Crippen LogP contribution < -0.4 is 5.32 Å². The Hall–Kier alpha value is -2.12. The van der Waals surface area contributed by atoms with Crippen molar-refractivity contribution in [2.75, 3.05) is 12.4 Å². The molecule has 0 saturated heterocycles. The van der Waals surface area contributed by atoms with E-state index in [9.17, 15) is 13.2 Å². The molecule has 2 aromatic heterocycles. The Balaban J connectivity index is 2.02. The van der Waals surface area contributed by atoms with Crippen LogP contribution in [-0.2, 0) is 6.18 Å². The summed E-state index contributed by atoms with van der Waals surface area (Å²) in [5.74, 6) is -0.541. The lowest BCUT2D eigenvalue weighted by atomic mass is 10.3. The Morgan fingerprint density at radius 3 is 2.65 bits per heavy atom. The number of alkyl halides is 3. The van der Waals surface area contributed by atoms with Gasteiger partial charge in [0.25, 0.3) is 0 Å². The van der Waals surface area contributed by atoms with Gasteiger partial charge in [0.1, 0.15) is 5.82 Å². The van der Waals surface area contributed by atoms with Gasteiger partial charge in [0.2, 0.25) is 5.82 Å². The Bertz CT molecular complexity index is 630. The van der Waals surface area contributed by atoms with E-state index >= 15 is 0 Å². The van der Waals surface area contributed by atoms with Crippen LogP contribution >= 0.6 is 0 Å². The number of aromatic nitrogens is 4. The van der Waals surface area contributed by atoms with Gasteiger partial charge >= 0.3 is 6.18 Å². The Kier molecular flexibility index (Phi) is 2.88. The number of anilines is 1. The van der Waals surface area contributed by atoms with E-state index in [1.807, 2.05) is 6.07 Å². The Labute approximate surface area is 112 Å². The van der Waals surface area contributed by atoms with Gasteiger partial charge in [0, 0.05) is 25.2 Å². The average molecular weight is 283 g/mol. The van der Waals surface area contributed by atoms with Crippen LogP contribution in [0.5, 0.6) is 0 Å². The van der Waals surface area contributed by atoms with Crippen LogP contribution in [-0.4, -0.2) is 26.8 Å². The quantitative estimate of drug-likeness (QED) is 0.940. The summed E-state index contributed by atoms with van der Waals surface area (Å²) in [6.45, 7) is 0. The summed E-state index contributed by atoms with van der Waals surface area (Å²) in [7, 11) is 1.50. The second-order valence-electron chi connectivity index (χ2n) is 4.64. The highest BCUT2D eigenvalue weighted by Gasteiger charge is 2.35. The van der Waals surface area contributed by atoms with Gasteiger partial charge in [-0.2, -0.15) is 18.3 Å². The number of nitrogens with one attached hydrogen (secondary N) is 1. The fourth-order valence-corrected chi connectivity index (χ4v) is 1.87. The molecule has 20 heavy (non-hydrogen) atoms. The molecule has 1 saturated carbocycles. The molecule has 0 aromatic carbocycles. The normalized spacial score (nSPS) is 15.4. The third kappa shape index (κ3) is 2.45. The van der Waals surface area contributed by atoms with Crippen LogP contribution in [0.25, 0.3) is 5.82 Å². The molecule has 0 spiro atoms. The van der Waals surface area contributed by atoms with E-state index in [-0.39, 0.29) is 11.6 Å². The molecule has 0 amide bonds. The van der Waals surface area contributed by atoms with Gasteiger partial charge in [-0.1, -0.05) is 0 Å². The summed E-state index contributed by atoms with van der Waals surface area (Å²) in [5.41, 5.74) is 0.892. The molecule has 0 radical (unpaired) electrons. The van der Waals surface area contributed by atoms with Crippen LogP contribution in [0.15, 0.2) is 18.3 Å². The first kappa shape index (κ1) is 12.9. The molecule has 1 N–H and O–H groups in total. The first-order valence-electron chi connectivity index (χ1n) is 6.17. The molecule has 2 aromatic rings. The second kappa shape index (κ2) is 4.46. The number of nitrogens with zero attached hydrogens (tertiary/aromatic N) is 4. The smallest absolute Gasteiger partial charge is 0.373 e. The molecule has 106 valence electrons. The van der Waals surface area contributed by atoms with E-state index in [4.69, 9.17) is 0 Å². The van der Waals surface area contributed by atoms with Crippen molar-refractivity contribution in [2.45, 2.75) is 24.9 Å². The number of rotatable bonds is 3. The van der Waals surface area contributed by atoms with Gasteiger partial charge in [-0.15, -0.1) is 0 Å². The lowest BCUT2D eigenvalue weighted by molar-refractivity contribution is -0.144. The van der Waals surface area contributed by atoms with E-state index < -0.39 is 12.0 Å². The van der Waals surface area contributed by atoms with Crippen molar-refractivity contribution in [1.29, 1.82) is 0 Å². The fraction of sp³-hybridized carbons (Fsp3) is 0.417. The third-order valence-electron chi connectivity index (χ3n) is 3.06. The maximum atomic E-state index is 12.8. The predicted molar refractivity (Wildman–Crippen MR) is 65.7 cm³/mol. The largest absolute Gasteiger partial charge is 0.451 e. The van der Waals surface area contributed by atoms with Crippen LogP contribution in [0.3, 0.4) is 0 Å². The van der Waals surface area contributed by atoms with E-state index in [0.29, 0.717) is 5.92 Å². The van der Waals surface area contributed by atoms with Gasteiger partial charge in [-0.25, -0.2) is 14.6 Å². The molecule has 8 heteroatoms. The molecular weight excluding hydrogens is 271 g/mol. The minimum absolute atomic E-state index is 0.101. The number of hydrogen-bond donors (Lipinski definition) is 1. The summed E-state index contributed by atoms with van der Waals surface area (Å²) in [6.07, 6.45) is -0.809. The zero-order valence-electron chi connectivity index (χ0n) is 10.6. The van der Waals surface area contributed by atoms with Crippen molar-refractivity contribution >= 4 is 5.82 Å². The summed E-state index contributed by atoms with van der Waals surface area (Å²) < 4.78 is 39.6. The van der Waals surface area contributed by atoms with Crippen LogP contribution in [0.1, 0.15) is 30.3 Å². The van der Waals surface area contributed by atoms with Crippen molar-refractivity contribution < 1.29 is 13.2 Å². The van der Waals surface area contributed by atoms with Crippen LogP contribution in [0.2, 0.25) is 0 Å². The van der Waals surface area contributed by atoms with Crippen molar-refractivity contribution in [2.24, 2.45) is 0 Å². The van der Waals surface area contributed by atoms with Gasteiger partial charge in [0.05, 0.1) is 5.69 Å². The van der Waals surface area contributed by atoms with Gasteiger partial charge in [-0.3, -0.25) is 0 Å². The summed E-state index contributed by atoms with van der Waals surface area (Å²) in [5, 5.41) is 6.87. The standard InChI is InChI=1S/C12H12F3N5/c1-16-9-6-10(18-11(17-9)12(13,14)15)20-5-4-8(19-20)7-2-3-7/h4-7H,2-3H2,1H3,(H,16,17,18). The van der Waals surface area contributed by atoms with Gasteiger partial charge in [0.15, 0.2) is 5.82 Å². The highest BCUT2D eigenvalue weighted by Crippen LogP contribution is 2.39. The lowest BCUT2D eigenvalue weighted by Gasteiger charge is -2.09. The van der Waals surface area contributed by atoms with Crippen LogP contribution in [0.4, 0.5) is 19.0 Å². The predicted octanol–water partition coefficient (Wildman–Crippen LogP) is 2.60. The Morgan fingerprint density at radius 1 is 1.30 bits per heavy atom. The first-order valence-corrected chi connectivity index (χ1v) is 6.17. The molecule has 2 heterocycles. The highest BCUT2D eigenvalue weighted by atomic mass is 19.4. The summed E-state index contributed by atoms with van der Waals surface area (Å²) in [4.78, 5) is 6.95.